The van der Waals surface area contributed by atoms with Gasteiger partial charge >= 0.3 is 30.0 Å². The van der Waals surface area contributed by atoms with Crippen molar-refractivity contribution < 1.29 is 67.2 Å². The minimum Gasteiger partial charge on any atom is -0.508 e. The Labute approximate surface area is 426 Å². The van der Waals surface area contributed by atoms with Crippen LogP contribution in [0.4, 0.5) is 4.79 Å². The Hall–Kier alpha value is -5.83. The van der Waals surface area contributed by atoms with Crippen molar-refractivity contribution >= 4 is 41.8 Å². The second-order valence-corrected chi connectivity index (χ2v) is 22.5. The lowest BCUT2D eigenvalue weighted by atomic mass is 10.1. The number of carbonyl (C=O) groups excluding carboxylic acids is 7. The molecule has 0 heterocycles. The SMILES string of the molecule is CC(C)(C)OC(=O)CN(CCN(CCN(CC(=O)OC(C)(C)C)CC(=O)OC(C)(C)C)CC(=O)NCc1ccc(CONC(=O)[C@@H](Cc2ccc(O)cc2)NC(=O)OC(C)(C)C)cc1)CC(=O)OC(C)(C)C. The van der Waals surface area contributed by atoms with Crippen LogP contribution in [0.25, 0.3) is 0 Å². The van der Waals surface area contributed by atoms with Gasteiger partial charge in [0.1, 0.15) is 39.8 Å². The number of hydrogen-bond donors (Lipinski definition) is 4. The van der Waals surface area contributed by atoms with Crippen molar-refractivity contribution in [3.63, 3.8) is 0 Å². The van der Waals surface area contributed by atoms with Gasteiger partial charge < -0.3 is 39.4 Å². The van der Waals surface area contributed by atoms with Crippen LogP contribution in [0.15, 0.2) is 48.5 Å². The molecule has 2 rings (SSSR count). The van der Waals surface area contributed by atoms with Gasteiger partial charge in [-0.15, -0.1) is 0 Å². The predicted octanol–water partition coefficient (Wildman–Crippen LogP) is 4.97. The lowest BCUT2D eigenvalue weighted by molar-refractivity contribution is -0.162. The topological polar surface area (TPSA) is 241 Å². The van der Waals surface area contributed by atoms with Crippen LogP contribution in [0.5, 0.6) is 5.75 Å². The monoisotopic (exact) mass is 1010 g/mol. The van der Waals surface area contributed by atoms with Gasteiger partial charge in [0.2, 0.25) is 5.91 Å². The number of benzene rings is 2. The van der Waals surface area contributed by atoms with Gasteiger partial charge in [0, 0.05) is 39.1 Å². The summed E-state index contributed by atoms with van der Waals surface area (Å²) in [4.78, 5) is 102. The van der Waals surface area contributed by atoms with Crippen molar-refractivity contribution in [3.05, 3.63) is 65.2 Å². The number of amides is 3. The summed E-state index contributed by atoms with van der Waals surface area (Å²) in [6.07, 6.45) is -0.694. The number of phenolic OH excluding ortho intramolecular Hbond substituents is 1. The van der Waals surface area contributed by atoms with E-state index in [1.165, 1.54) is 12.1 Å². The molecular weight excluding hydrogens is 933 g/mol. The van der Waals surface area contributed by atoms with E-state index >= 15 is 0 Å². The highest BCUT2D eigenvalue weighted by molar-refractivity contribution is 5.85. The fraction of sp³-hybridized carbons (Fsp3) is 0.635. The Balaban J connectivity index is 2.23. The maximum Gasteiger partial charge on any atom is 0.408 e. The molecule has 1 atom stereocenters. The van der Waals surface area contributed by atoms with Crippen LogP contribution in [0.3, 0.4) is 0 Å². The van der Waals surface area contributed by atoms with Crippen molar-refractivity contribution in [3.8, 4) is 5.75 Å². The summed E-state index contributed by atoms with van der Waals surface area (Å²) in [6.45, 7) is 25.6. The maximum atomic E-state index is 13.7. The number of esters is 4. The molecule has 20 nitrogen and oxygen atoms in total. The molecule has 0 aliphatic rings. The molecule has 0 fully saturated rings. The molecule has 72 heavy (non-hydrogen) atoms. The molecule has 0 aromatic heterocycles. The van der Waals surface area contributed by atoms with Gasteiger partial charge in [-0.2, -0.15) is 0 Å². The fourth-order valence-electron chi connectivity index (χ4n) is 6.49. The second kappa shape index (κ2) is 27.8. The summed E-state index contributed by atoms with van der Waals surface area (Å²) in [7, 11) is 0. The van der Waals surface area contributed by atoms with Gasteiger partial charge in [-0.05, 0) is 133 Å². The van der Waals surface area contributed by atoms with Gasteiger partial charge in [-0.1, -0.05) is 36.4 Å². The first kappa shape index (κ1) is 62.3. The summed E-state index contributed by atoms with van der Waals surface area (Å²) in [5.41, 5.74) is 0.603. The Kier molecular flexibility index (Phi) is 24.1. The molecule has 4 N–H and O–H groups in total. The number of nitrogens with zero attached hydrogens (tertiary/aromatic N) is 3. The summed E-state index contributed by atoms with van der Waals surface area (Å²) in [5.74, 6) is -3.14. The highest BCUT2D eigenvalue weighted by Gasteiger charge is 2.28. The molecular formula is C52H82N6O14. The number of alkyl carbamates (subject to hydrolysis) is 1. The van der Waals surface area contributed by atoms with E-state index in [0.29, 0.717) is 11.1 Å². The smallest absolute Gasteiger partial charge is 0.408 e. The lowest BCUT2D eigenvalue weighted by Crippen LogP contribution is -2.49. The molecule has 0 saturated heterocycles. The van der Waals surface area contributed by atoms with Crippen LogP contribution < -0.4 is 16.1 Å². The van der Waals surface area contributed by atoms with Crippen LogP contribution in [0.1, 0.15) is 121 Å². The molecule has 0 unspecified atom stereocenters. The molecule has 0 aliphatic carbocycles. The van der Waals surface area contributed by atoms with E-state index in [-0.39, 0.29) is 90.1 Å². The molecule has 2 aromatic rings. The molecule has 0 spiro atoms. The summed E-state index contributed by atoms with van der Waals surface area (Å²) in [5, 5.41) is 15.2. The Bertz CT molecular complexity index is 1950. The van der Waals surface area contributed by atoms with Gasteiger partial charge in [0.05, 0.1) is 39.3 Å². The van der Waals surface area contributed by atoms with Crippen LogP contribution in [-0.2, 0) is 76.9 Å². The van der Waals surface area contributed by atoms with E-state index < -0.39 is 69.9 Å². The van der Waals surface area contributed by atoms with E-state index in [1.54, 1.807) is 155 Å². The normalized spacial score (nSPS) is 12.8. The van der Waals surface area contributed by atoms with Crippen molar-refractivity contribution in [2.75, 3.05) is 58.9 Å². The van der Waals surface area contributed by atoms with Gasteiger partial charge in [-0.3, -0.25) is 48.3 Å². The number of aromatic hydroxyl groups is 1. The van der Waals surface area contributed by atoms with Gasteiger partial charge in [0.15, 0.2) is 0 Å². The van der Waals surface area contributed by atoms with E-state index in [1.807, 2.05) is 0 Å². The molecule has 0 bridgehead atoms. The quantitative estimate of drug-likeness (QED) is 0.0584. The minimum atomic E-state index is -1.06. The molecule has 404 valence electrons. The lowest BCUT2D eigenvalue weighted by Gasteiger charge is -2.30. The molecule has 0 saturated carbocycles. The average molecular weight is 1020 g/mol. The van der Waals surface area contributed by atoms with E-state index in [2.05, 4.69) is 16.1 Å². The zero-order chi connectivity index (χ0) is 54.7. The number of nitrogens with one attached hydrogen (secondary N) is 3. The highest BCUT2D eigenvalue weighted by Crippen LogP contribution is 2.15. The van der Waals surface area contributed by atoms with Crippen LogP contribution in [0, 0.1) is 0 Å². The third-order valence-corrected chi connectivity index (χ3v) is 9.23. The first-order valence-electron chi connectivity index (χ1n) is 24.1. The zero-order valence-electron chi connectivity index (χ0n) is 45.3. The van der Waals surface area contributed by atoms with Crippen molar-refractivity contribution in [2.24, 2.45) is 0 Å². The minimum absolute atomic E-state index is 0.0244. The van der Waals surface area contributed by atoms with Crippen molar-refractivity contribution in [1.29, 1.82) is 0 Å². The fourth-order valence-corrected chi connectivity index (χ4v) is 6.49. The Morgan fingerprint density at radius 1 is 0.486 bits per heavy atom. The second-order valence-electron chi connectivity index (χ2n) is 22.5. The van der Waals surface area contributed by atoms with E-state index in [0.717, 1.165) is 5.56 Å². The van der Waals surface area contributed by atoms with Gasteiger partial charge in [-0.25, -0.2) is 10.3 Å². The van der Waals surface area contributed by atoms with Crippen molar-refractivity contribution in [2.45, 2.75) is 157 Å². The first-order valence-corrected chi connectivity index (χ1v) is 24.1. The predicted molar refractivity (Wildman–Crippen MR) is 269 cm³/mol. The molecule has 0 radical (unpaired) electrons. The average Bonchev–Trinajstić information content (AvgIpc) is 3.18. The Morgan fingerprint density at radius 2 is 0.847 bits per heavy atom. The number of phenols is 1. The van der Waals surface area contributed by atoms with Crippen LogP contribution >= 0.6 is 0 Å². The van der Waals surface area contributed by atoms with E-state index in [9.17, 15) is 38.7 Å². The number of rotatable bonds is 25. The van der Waals surface area contributed by atoms with Crippen LogP contribution in [-0.4, -0.2) is 155 Å². The number of hydroxylamine groups is 1. The van der Waals surface area contributed by atoms with Gasteiger partial charge in [0.25, 0.3) is 5.91 Å². The third kappa shape index (κ3) is 30.1. The summed E-state index contributed by atoms with van der Waals surface area (Å²) >= 11 is 0. The first-order chi connectivity index (χ1) is 33.0. The number of carbonyl (C=O) groups is 7. The Morgan fingerprint density at radius 3 is 1.24 bits per heavy atom. The summed E-state index contributed by atoms with van der Waals surface area (Å²) < 4.78 is 27.6. The molecule has 0 aliphatic heterocycles. The molecule has 3 amide bonds. The van der Waals surface area contributed by atoms with Crippen molar-refractivity contribution in [1.82, 2.24) is 30.8 Å². The van der Waals surface area contributed by atoms with Crippen LogP contribution in [0.2, 0.25) is 0 Å². The number of ether oxygens (including phenoxy) is 5. The highest BCUT2D eigenvalue weighted by atomic mass is 16.7. The third-order valence-electron chi connectivity index (χ3n) is 9.23. The number of hydrogen-bond acceptors (Lipinski definition) is 17. The summed E-state index contributed by atoms with van der Waals surface area (Å²) in [6, 6.07) is 12.3. The molecule has 2 aromatic carbocycles. The largest absolute Gasteiger partial charge is 0.508 e. The molecule has 20 heteroatoms. The standard InChI is InChI=1S/C52H82N6O14/c1-48(2,3)68-42(61)31-57(32-43(62)69-49(4,5)6)26-24-56(25-27-58(33-44(63)70-50(7,8)9)34-45(64)71-51(10,11)12)30-41(60)53-29-37-16-18-38(19-17-37)35-67-55-46(65)40(54-47(66)72-52(13,14)15)28-36-20-22-39(59)23-21-36/h16-23,40,59H,24-35H2,1-15H3,(H,53,60)(H,54,66)(H,55,65)/t40-/m1/s1. The van der Waals surface area contributed by atoms with E-state index in [4.69, 9.17) is 28.5 Å². The maximum absolute atomic E-state index is 13.7. The zero-order valence-corrected chi connectivity index (χ0v) is 45.3.